The Bertz CT molecular complexity index is 808. The van der Waals surface area contributed by atoms with Gasteiger partial charge in [-0.15, -0.1) is 0 Å². The number of carbonyl (C=O) groups excluding carboxylic acids is 2. The van der Waals surface area contributed by atoms with Gasteiger partial charge in [0.1, 0.15) is 5.41 Å². The van der Waals surface area contributed by atoms with Crippen LogP contribution in [-0.4, -0.2) is 11.8 Å². The fraction of sp³-hybridized carbons (Fsp3) is 0.300. The second-order valence-corrected chi connectivity index (χ2v) is 7.12. The number of nitrogens with one attached hydrogen (secondary N) is 2. The van der Waals surface area contributed by atoms with Gasteiger partial charge in [0.05, 0.1) is 0 Å². The minimum atomic E-state index is -1.25. The smallest absolute Gasteiger partial charge is 0.239 e. The molecule has 25 heavy (non-hydrogen) atoms. The van der Waals surface area contributed by atoms with Gasteiger partial charge in [-0.25, -0.2) is 0 Å². The molecule has 0 aliphatic rings. The molecule has 2 N–H and O–H groups in total. The van der Waals surface area contributed by atoms with E-state index in [0.29, 0.717) is 10.7 Å². The van der Waals surface area contributed by atoms with Crippen molar-refractivity contribution in [3.8, 4) is 0 Å². The Morgan fingerprint density at radius 3 is 2.00 bits per heavy atom. The van der Waals surface area contributed by atoms with Crippen LogP contribution in [0.5, 0.6) is 0 Å². The van der Waals surface area contributed by atoms with Gasteiger partial charge in [-0.2, -0.15) is 0 Å². The van der Waals surface area contributed by atoms with Crippen LogP contribution in [-0.2, 0) is 9.59 Å². The van der Waals surface area contributed by atoms with Crippen molar-refractivity contribution in [3.63, 3.8) is 0 Å². The summed E-state index contributed by atoms with van der Waals surface area (Å²) in [5.74, 6) is -0.747. The number of hydrogen-bond acceptors (Lipinski definition) is 2. The predicted octanol–water partition coefficient (Wildman–Crippen LogP) is 4.87. The second-order valence-electron chi connectivity index (χ2n) is 6.71. The Balaban J connectivity index is 2.20. The van der Waals surface area contributed by atoms with Gasteiger partial charge in [0.2, 0.25) is 11.8 Å². The minimum Gasteiger partial charge on any atom is -0.325 e. The molecule has 0 spiro atoms. The first kappa shape index (κ1) is 19.0. The Kier molecular flexibility index (Phi) is 5.53. The molecule has 132 valence electrons. The Hall–Kier alpha value is -2.33. The standard InChI is InChI=1S/C20H23ClN2O2/c1-12-8-6-9-13(2)17(12)23-19(25)20(4,5)18(24)22-16-11-7-10-15(21)14(16)3/h6-11H,1-5H3,(H,22,24)(H,23,25). The number of rotatable bonds is 4. The normalized spacial score (nSPS) is 11.1. The highest BCUT2D eigenvalue weighted by Crippen LogP contribution is 2.27. The molecule has 0 aliphatic carbocycles. The van der Waals surface area contributed by atoms with Gasteiger partial charge < -0.3 is 10.6 Å². The summed E-state index contributed by atoms with van der Waals surface area (Å²) in [5.41, 5.74) is 2.77. The fourth-order valence-electron chi connectivity index (χ4n) is 2.41. The third kappa shape index (κ3) is 4.02. The van der Waals surface area contributed by atoms with E-state index in [9.17, 15) is 9.59 Å². The van der Waals surface area contributed by atoms with Crippen molar-refractivity contribution in [2.45, 2.75) is 34.6 Å². The lowest BCUT2D eigenvalue weighted by Crippen LogP contribution is -2.42. The Labute approximate surface area is 153 Å². The summed E-state index contributed by atoms with van der Waals surface area (Å²) < 4.78 is 0. The van der Waals surface area contributed by atoms with E-state index in [1.54, 1.807) is 32.0 Å². The van der Waals surface area contributed by atoms with Crippen molar-refractivity contribution in [2.24, 2.45) is 5.41 Å². The van der Waals surface area contributed by atoms with Gasteiger partial charge in [0, 0.05) is 16.4 Å². The SMILES string of the molecule is Cc1cccc(C)c1NC(=O)C(C)(C)C(=O)Nc1cccc(Cl)c1C. The summed E-state index contributed by atoms with van der Waals surface area (Å²) in [5, 5.41) is 6.25. The molecular weight excluding hydrogens is 336 g/mol. The Morgan fingerprint density at radius 1 is 0.880 bits per heavy atom. The monoisotopic (exact) mass is 358 g/mol. The average Bonchev–Trinajstić information content (AvgIpc) is 2.55. The number of aryl methyl sites for hydroxylation is 2. The summed E-state index contributed by atoms with van der Waals surface area (Å²) in [6, 6.07) is 11.1. The number of anilines is 2. The maximum Gasteiger partial charge on any atom is 0.239 e. The molecule has 2 aromatic rings. The highest BCUT2D eigenvalue weighted by atomic mass is 35.5. The van der Waals surface area contributed by atoms with E-state index in [1.165, 1.54) is 0 Å². The highest BCUT2D eigenvalue weighted by molar-refractivity contribution is 6.31. The molecule has 0 bridgehead atoms. The lowest BCUT2D eigenvalue weighted by Gasteiger charge is -2.24. The first-order valence-corrected chi connectivity index (χ1v) is 8.46. The minimum absolute atomic E-state index is 0.359. The van der Waals surface area contributed by atoms with E-state index in [4.69, 9.17) is 11.6 Å². The average molecular weight is 359 g/mol. The van der Waals surface area contributed by atoms with Crippen molar-refractivity contribution in [1.82, 2.24) is 0 Å². The van der Waals surface area contributed by atoms with Gasteiger partial charge in [0.15, 0.2) is 0 Å². The molecule has 0 unspecified atom stereocenters. The summed E-state index contributed by atoms with van der Waals surface area (Å²) in [7, 11) is 0. The van der Waals surface area contributed by atoms with Crippen molar-refractivity contribution < 1.29 is 9.59 Å². The molecule has 2 aromatic carbocycles. The summed E-state index contributed by atoms with van der Waals surface area (Å²) in [4.78, 5) is 25.4. The number of para-hydroxylation sites is 1. The van der Waals surface area contributed by atoms with Crippen LogP contribution < -0.4 is 10.6 Å². The number of amides is 2. The van der Waals surface area contributed by atoms with Gasteiger partial charge in [0.25, 0.3) is 0 Å². The van der Waals surface area contributed by atoms with Crippen LogP contribution >= 0.6 is 11.6 Å². The van der Waals surface area contributed by atoms with E-state index in [0.717, 1.165) is 22.4 Å². The van der Waals surface area contributed by atoms with Gasteiger partial charge in [-0.1, -0.05) is 35.9 Å². The van der Waals surface area contributed by atoms with Gasteiger partial charge >= 0.3 is 0 Å². The van der Waals surface area contributed by atoms with E-state index in [-0.39, 0.29) is 11.8 Å². The summed E-state index contributed by atoms with van der Waals surface area (Å²) >= 11 is 6.09. The molecule has 2 rings (SSSR count). The zero-order valence-corrected chi connectivity index (χ0v) is 15.9. The molecule has 5 heteroatoms. The third-order valence-corrected chi connectivity index (χ3v) is 4.78. The first-order valence-electron chi connectivity index (χ1n) is 8.09. The van der Waals surface area contributed by atoms with Crippen LogP contribution in [0.3, 0.4) is 0 Å². The van der Waals surface area contributed by atoms with Crippen molar-refractivity contribution in [2.75, 3.05) is 10.6 Å². The number of carbonyl (C=O) groups is 2. The largest absolute Gasteiger partial charge is 0.325 e. The molecule has 0 aromatic heterocycles. The Morgan fingerprint density at radius 2 is 1.40 bits per heavy atom. The van der Waals surface area contributed by atoms with E-state index >= 15 is 0 Å². The van der Waals surface area contributed by atoms with Crippen LogP contribution in [0.4, 0.5) is 11.4 Å². The van der Waals surface area contributed by atoms with Crippen molar-refractivity contribution >= 4 is 34.8 Å². The number of halogens is 1. The molecular formula is C20H23ClN2O2. The van der Waals surface area contributed by atoms with E-state index < -0.39 is 5.41 Å². The van der Waals surface area contributed by atoms with Crippen molar-refractivity contribution in [3.05, 3.63) is 58.1 Å². The lowest BCUT2D eigenvalue weighted by atomic mass is 9.90. The number of benzene rings is 2. The molecule has 0 saturated heterocycles. The van der Waals surface area contributed by atoms with Crippen molar-refractivity contribution in [1.29, 1.82) is 0 Å². The molecule has 0 saturated carbocycles. The van der Waals surface area contributed by atoms with E-state index in [2.05, 4.69) is 10.6 Å². The van der Waals surface area contributed by atoms with Crippen LogP contribution in [0, 0.1) is 26.2 Å². The third-order valence-electron chi connectivity index (χ3n) is 4.37. The van der Waals surface area contributed by atoms with Gasteiger partial charge in [-0.05, 0) is 63.4 Å². The fourth-order valence-corrected chi connectivity index (χ4v) is 2.58. The maximum atomic E-state index is 12.7. The molecule has 2 amide bonds. The van der Waals surface area contributed by atoms with Crippen LogP contribution in [0.15, 0.2) is 36.4 Å². The van der Waals surface area contributed by atoms with E-state index in [1.807, 2.05) is 39.0 Å². The second kappa shape index (κ2) is 7.28. The molecule has 0 atom stereocenters. The predicted molar refractivity (Wildman–Crippen MR) is 103 cm³/mol. The zero-order chi connectivity index (χ0) is 18.8. The summed E-state index contributed by atoms with van der Waals surface area (Å²) in [6.07, 6.45) is 0. The molecule has 0 radical (unpaired) electrons. The van der Waals surface area contributed by atoms with Crippen LogP contribution in [0.2, 0.25) is 5.02 Å². The quantitative estimate of drug-likeness (QED) is 0.766. The first-order chi connectivity index (χ1) is 11.6. The number of hydrogen-bond donors (Lipinski definition) is 2. The summed E-state index contributed by atoms with van der Waals surface area (Å²) in [6.45, 7) is 8.87. The topological polar surface area (TPSA) is 58.2 Å². The van der Waals surface area contributed by atoms with Gasteiger partial charge in [-0.3, -0.25) is 9.59 Å². The molecule has 0 aliphatic heterocycles. The van der Waals surface area contributed by atoms with Crippen LogP contribution in [0.1, 0.15) is 30.5 Å². The molecule has 4 nitrogen and oxygen atoms in total. The highest BCUT2D eigenvalue weighted by Gasteiger charge is 2.36. The maximum absolute atomic E-state index is 12.7. The van der Waals surface area contributed by atoms with Crippen LogP contribution in [0.25, 0.3) is 0 Å². The zero-order valence-electron chi connectivity index (χ0n) is 15.2. The molecule has 0 fully saturated rings. The lowest BCUT2D eigenvalue weighted by molar-refractivity contribution is -0.135. The molecule has 0 heterocycles.